The molecule has 0 aliphatic rings. The number of hydrogen-bond donors (Lipinski definition) is 1. The van der Waals surface area contributed by atoms with E-state index in [4.69, 9.17) is 11.6 Å². The second-order valence-corrected chi connectivity index (χ2v) is 7.05. The van der Waals surface area contributed by atoms with Gasteiger partial charge in [0.2, 0.25) is 5.91 Å². The summed E-state index contributed by atoms with van der Waals surface area (Å²) in [7, 11) is 4.05. The Balaban J connectivity index is 1.87. The molecule has 2 rings (SSSR count). The first-order valence-corrected chi connectivity index (χ1v) is 8.70. The summed E-state index contributed by atoms with van der Waals surface area (Å²) in [5.74, 6) is -0.0542. The standard InChI is InChI=1S/C18H21ClN2OS/c1-21(2)12-4-11-20-18(22)10-8-16-7-9-17(23-16)14-5-3-6-15(19)13-14/h3,5-10,13H,4,11-12H2,1-2H3,(H,20,22)/b10-8+. The van der Waals surface area contributed by atoms with Crippen LogP contribution in [0.1, 0.15) is 11.3 Å². The summed E-state index contributed by atoms with van der Waals surface area (Å²) < 4.78 is 0. The lowest BCUT2D eigenvalue weighted by Gasteiger charge is -2.08. The molecule has 2 aromatic rings. The summed E-state index contributed by atoms with van der Waals surface area (Å²) in [6.07, 6.45) is 4.38. The molecule has 0 aliphatic carbocycles. The molecule has 0 atom stereocenters. The van der Waals surface area contributed by atoms with Crippen molar-refractivity contribution in [2.75, 3.05) is 27.2 Å². The number of amides is 1. The fourth-order valence-corrected chi connectivity index (χ4v) is 3.16. The summed E-state index contributed by atoms with van der Waals surface area (Å²) in [5.41, 5.74) is 1.09. The van der Waals surface area contributed by atoms with Gasteiger partial charge in [0.05, 0.1) is 0 Å². The maximum absolute atomic E-state index is 11.8. The molecular weight excluding hydrogens is 328 g/mol. The summed E-state index contributed by atoms with van der Waals surface area (Å²) in [6, 6.07) is 11.8. The van der Waals surface area contributed by atoms with Gasteiger partial charge >= 0.3 is 0 Å². The Morgan fingerprint density at radius 1 is 1.30 bits per heavy atom. The molecule has 1 aromatic heterocycles. The molecule has 23 heavy (non-hydrogen) atoms. The van der Waals surface area contributed by atoms with Gasteiger partial charge in [-0.3, -0.25) is 4.79 Å². The van der Waals surface area contributed by atoms with Crippen molar-refractivity contribution in [3.8, 4) is 10.4 Å². The van der Waals surface area contributed by atoms with Gasteiger partial charge in [0, 0.05) is 27.4 Å². The molecule has 0 fully saturated rings. The van der Waals surface area contributed by atoms with Crippen LogP contribution in [0, 0.1) is 0 Å². The van der Waals surface area contributed by atoms with Gasteiger partial charge < -0.3 is 10.2 Å². The number of thiophene rings is 1. The third kappa shape index (κ3) is 6.18. The second kappa shape index (κ2) is 8.87. The lowest BCUT2D eigenvalue weighted by molar-refractivity contribution is -0.116. The van der Waals surface area contributed by atoms with Crippen molar-refractivity contribution in [1.82, 2.24) is 10.2 Å². The fraction of sp³-hybridized carbons (Fsp3) is 0.278. The first-order chi connectivity index (χ1) is 11.0. The Labute approximate surface area is 146 Å². The van der Waals surface area contributed by atoms with E-state index in [1.54, 1.807) is 17.4 Å². The van der Waals surface area contributed by atoms with Crippen LogP contribution in [0.4, 0.5) is 0 Å². The van der Waals surface area contributed by atoms with Crippen molar-refractivity contribution < 1.29 is 4.79 Å². The smallest absolute Gasteiger partial charge is 0.244 e. The van der Waals surface area contributed by atoms with Crippen LogP contribution in [0.2, 0.25) is 5.02 Å². The van der Waals surface area contributed by atoms with Crippen LogP contribution in [0.5, 0.6) is 0 Å². The summed E-state index contributed by atoms with van der Waals surface area (Å²) in [4.78, 5) is 16.0. The van der Waals surface area contributed by atoms with Crippen molar-refractivity contribution in [3.63, 3.8) is 0 Å². The number of carbonyl (C=O) groups is 1. The van der Waals surface area contributed by atoms with E-state index in [0.717, 1.165) is 33.3 Å². The highest BCUT2D eigenvalue weighted by Crippen LogP contribution is 2.30. The number of rotatable bonds is 7. The molecule has 0 saturated carbocycles. The molecule has 122 valence electrons. The highest BCUT2D eigenvalue weighted by molar-refractivity contribution is 7.16. The quantitative estimate of drug-likeness (QED) is 0.602. The van der Waals surface area contributed by atoms with Gasteiger partial charge in [-0.25, -0.2) is 0 Å². The normalized spacial score (nSPS) is 11.3. The van der Waals surface area contributed by atoms with Crippen molar-refractivity contribution in [1.29, 1.82) is 0 Å². The van der Waals surface area contributed by atoms with Gasteiger partial charge in [-0.15, -0.1) is 11.3 Å². The van der Waals surface area contributed by atoms with E-state index in [2.05, 4.69) is 10.2 Å². The predicted molar refractivity (Wildman–Crippen MR) is 100.0 cm³/mol. The van der Waals surface area contributed by atoms with E-state index in [0.29, 0.717) is 6.54 Å². The van der Waals surface area contributed by atoms with Crippen molar-refractivity contribution in [3.05, 3.63) is 52.4 Å². The first-order valence-electron chi connectivity index (χ1n) is 7.51. The second-order valence-electron chi connectivity index (χ2n) is 5.49. The number of nitrogens with one attached hydrogen (secondary N) is 1. The monoisotopic (exact) mass is 348 g/mol. The van der Waals surface area contributed by atoms with Crippen LogP contribution >= 0.6 is 22.9 Å². The van der Waals surface area contributed by atoms with Crippen molar-refractivity contribution >= 4 is 34.9 Å². The molecule has 0 saturated heterocycles. The van der Waals surface area contributed by atoms with Gasteiger partial charge in [-0.05, 0) is 63.0 Å². The molecular formula is C18H21ClN2OS. The zero-order chi connectivity index (χ0) is 16.7. The van der Waals surface area contributed by atoms with Gasteiger partial charge in [0.25, 0.3) is 0 Å². The lowest BCUT2D eigenvalue weighted by atomic mass is 10.2. The number of benzene rings is 1. The number of carbonyl (C=O) groups excluding carboxylic acids is 1. The Kier molecular flexibility index (Phi) is 6.84. The zero-order valence-corrected chi connectivity index (χ0v) is 15.0. The summed E-state index contributed by atoms with van der Waals surface area (Å²) in [6.45, 7) is 1.66. The maximum atomic E-state index is 11.8. The van der Waals surface area contributed by atoms with E-state index in [1.165, 1.54) is 0 Å². The first kappa shape index (κ1) is 17.7. The molecule has 1 heterocycles. The van der Waals surface area contributed by atoms with Gasteiger partial charge in [-0.2, -0.15) is 0 Å². The minimum absolute atomic E-state index is 0.0542. The molecule has 0 bridgehead atoms. The van der Waals surface area contributed by atoms with Gasteiger partial charge in [-0.1, -0.05) is 23.7 Å². The Hall–Kier alpha value is -1.62. The van der Waals surface area contributed by atoms with E-state index < -0.39 is 0 Å². The molecule has 3 nitrogen and oxygen atoms in total. The third-order valence-electron chi connectivity index (χ3n) is 3.22. The van der Waals surface area contributed by atoms with Crippen LogP contribution < -0.4 is 5.32 Å². The van der Waals surface area contributed by atoms with Crippen molar-refractivity contribution in [2.24, 2.45) is 0 Å². The topological polar surface area (TPSA) is 32.3 Å². The Bertz CT molecular complexity index is 679. The maximum Gasteiger partial charge on any atom is 0.244 e. The summed E-state index contributed by atoms with van der Waals surface area (Å²) in [5, 5.41) is 3.62. The molecule has 0 aliphatic heterocycles. The highest BCUT2D eigenvalue weighted by atomic mass is 35.5. The Morgan fingerprint density at radius 2 is 2.13 bits per heavy atom. The van der Waals surface area contributed by atoms with E-state index in [9.17, 15) is 4.79 Å². The molecule has 1 amide bonds. The average molecular weight is 349 g/mol. The van der Waals surface area contributed by atoms with Crippen LogP contribution in [0.15, 0.2) is 42.5 Å². The lowest BCUT2D eigenvalue weighted by Crippen LogP contribution is -2.25. The van der Waals surface area contributed by atoms with E-state index in [-0.39, 0.29) is 5.91 Å². The molecule has 1 aromatic carbocycles. The Morgan fingerprint density at radius 3 is 2.87 bits per heavy atom. The third-order valence-corrected chi connectivity index (χ3v) is 4.55. The van der Waals surface area contributed by atoms with Crippen molar-refractivity contribution in [2.45, 2.75) is 6.42 Å². The number of nitrogens with zero attached hydrogens (tertiary/aromatic N) is 1. The largest absolute Gasteiger partial charge is 0.353 e. The SMILES string of the molecule is CN(C)CCCNC(=O)/C=C/c1ccc(-c2cccc(Cl)c2)s1. The number of halogens is 1. The van der Waals surface area contributed by atoms with E-state index in [1.807, 2.05) is 56.6 Å². The predicted octanol–water partition coefficient (Wildman–Crippen LogP) is 4.15. The fourth-order valence-electron chi connectivity index (χ4n) is 2.06. The van der Waals surface area contributed by atoms with Crippen LogP contribution in [-0.2, 0) is 4.79 Å². The minimum atomic E-state index is -0.0542. The molecule has 1 N–H and O–H groups in total. The highest BCUT2D eigenvalue weighted by Gasteiger charge is 2.02. The molecule has 5 heteroatoms. The van der Waals surface area contributed by atoms with E-state index >= 15 is 0 Å². The molecule has 0 radical (unpaired) electrons. The average Bonchev–Trinajstić information content (AvgIpc) is 2.98. The molecule has 0 unspecified atom stereocenters. The van der Waals surface area contributed by atoms with Crippen LogP contribution in [0.3, 0.4) is 0 Å². The summed E-state index contributed by atoms with van der Waals surface area (Å²) >= 11 is 7.66. The van der Waals surface area contributed by atoms with Crippen LogP contribution in [0.25, 0.3) is 16.5 Å². The number of hydrogen-bond acceptors (Lipinski definition) is 3. The van der Waals surface area contributed by atoms with Gasteiger partial charge in [0.1, 0.15) is 0 Å². The van der Waals surface area contributed by atoms with Crippen LogP contribution in [-0.4, -0.2) is 38.0 Å². The zero-order valence-electron chi connectivity index (χ0n) is 13.4. The van der Waals surface area contributed by atoms with Gasteiger partial charge in [0.15, 0.2) is 0 Å². The molecule has 0 spiro atoms. The minimum Gasteiger partial charge on any atom is -0.353 e.